The highest BCUT2D eigenvalue weighted by Gasteiger charge is 2.15. The van der Waals surface area contributed by atoms with Crippen LogP contribution in [0.2, 0.25) is 5.02 Å². The number of fused-ring (bicyclic) bond motifs is 1. The summed E-state index contributed by atoms with van der Waals surface area (Å²) in [6.07, 6.45) is 6.53. The molecule has 0 radical (unpaired) electrons. The first-order chi connectivity index (χ1) is 13.2. The first kappa shape index (κ1) is 23.3. The minimum absolute atomic E-state index is 0. The molecular formula is C21H32ClIN4O. The molecule has 2 aromatic rings. The van der Waals surface area contributed by atoms with Gasteiger partial charge in [-0.15, -0.1) is 24.0 Å². The summed E-state index contributed by atoms with van der Waals surface area (Å²) in [5, 5.41) is 5.38. The second kappa shape index (κ2) is 11.9. The number of nitrogens with zero attached hydrogens (tertiary/aromatic N) is 2. The van der Waals surface area contributed by atoms with Crippen LogP contribution < -0.4 is 5.32 Å². The van der Waals surface area contributed by atoms with E-state index in [9.17, 15) is 0 Å². The molecule has 5 nitrogen and oxygen atoms in total. The van der Waals surface area contributed by atoms with E-state index in [0.29, 0.717) is 0 Å². The maximum atomic E-state index is 6.15. The fraction of sp³-hybridized carbons (Fsp3) is 0.571. The summed E-state index contributed by atoms with van der Waals surface area (Å²) in [4.78, 5) is 10.4. The average Bonchev–Trinajstić information content (AvgIpc) is 3.08. The Morgan fingerprint density at radius 2 is 2.14 bits per heavy atom. The molecule has 0 bridgehead atoms. The van der Waals surface area contributed by atoms with Crippen molar-refractivity contribution in [3.05, 3.63) is 35.0 Å². The molecule has 1 saturated heterocycles. The summed E-state index contributed by atoms with van der Waals surface area (Å²) in [6.45, 7) is 6.60. The predicted molar refractivity (Wildman–Crippen MR) is 129 cm³/mol. The number of aliphatic imine (C=N–C) groups is 1. The Balaban J connectivity index is 0.00000280. The molecule has 0 unspecified atom stereocenters. The highest BCUT2D eigenvalue weighted by molar-refractivity contribution is 14.0. The molecule has 0 spiro atoms. The molecule has 0 amide bonds. The Labute approximate surface area is 190 Å². The standard InChI is InChI=1S/C21H31ClN4O.HI/c1-3-23-21(26(2)11-7-16-8-12-27-13-9-16)24-10-6-17-15-25-20-5-4-18(22)14-19(17)20;/h4-5,14-16,25H,3,6-13H2,1-2H3,(H,23,24);1H. The van der Waals surface area contributed by atoms with Gasteiger partial charge in [0.1, 0.15) is 0 Å². The van der Waals surface area contributed by atoms with Gasteiger partial charge in [0.05, 0.1) is 0 Å². The second-order valence-electron chi connectivity index (χ2n) is 7.26. The predicted octanol–water partition coefficient (Wildman–Crippen LogP) is 4.70. The smallest absolute Gasteiger partial charge is 0.193 e. The van der Waals surface area contributed by atoms with E-state index in [4.69, 9.17) is 21.3 Å². The zero-order valence-corrected chi connectivity index (χ0v) is 19.9. The van der Waals surface area contributed by atoms with Gasteiger partial charge in [-0.1, -0.05) is 11.6 Å². The van der Waals surface area contributed by atoms with Crippen molar-refractivity contribution in [1.82, 2.24) is 15.2 Å². The number of guanidine groups is 1. The lowest BCUT2D eigenvalue weighted by molar-refractivity contribution is 0.0625. The molecule has 0 saturated carbocycles. The molecular weight excluding hydrogens is 487 g/mol. The van der Waals surface area contributed by atoms with Gasteiger partial charge in [-0.25, -0.2) is 0 Å². The third kappa shape index (κ3) is 6.52. The largest absolute Gasteiger partial charge is 0.381 e. The first-order valence-corrected chi connectivity index (χ1v) is 10.4. The fourth-order valence-electron chi connectivity index (χ4n) is 3.63. The molecule has 1 fully saturated rings. The van der Waals surface area contributed by atoms with Crippen molar-refractivity contribution in [3.8, 4) is 0 Å². The van der Waals surface area contributed by atoms with Crippen molar-refractivity contribution in [2.75, 3.05) is 39.9 Å². The van der Waals surface area contributed by atoms with Gasteiger partial charge in [0, 0.05) is 62.0 Å². The van der Waals surface area contributed by atoms with Crippen molar-refractivity contribution in [3.63, 3.8) is 0 Å². The van der Waals surface area contributed by atoms with E-state index in [1.807, 2.05) is 18.2 Å². The van der Waals surface area contributed by atoms with Crippen LogP contribution in [0.25, 0.3) is 10.9 Å². The number of ether oxygens (including phenoxy) is 1. The van der Waals surface area contributed by atoms with E-state index in [2.05, 4.69) is 35.4 Å². The number of hydrogen-bond acceptors (Lipinski definition) is 2. The summed E-state index contributed by atoms with van der Waals surface area (Å²) >= 11 is 6.15. The molecule has 0 aliphatic carbocycles. The van der Waals surface area contributed by atoms with Crippen LogP contribution >= 0.6 is 35.6 Å². The number of hydrogen-bond donors (Lipinski definition) is 2. The lowest BCUT2D eigenvalue weighted by atomic mass is 9.96. The van der Waals surface area contributed by atoms with Crippen LogP contribution in [0, 0.1) is 5.92 Å². The highest BCUT2D eigenvalue weighted by atomic mass is 127. The van der Waals surface area contributed by atoms with Crippen LogP contribution in [0.3, 0.4) is 0 Å². The summed E-state index contributed by atoms with van der Waals surface area (Å²) in [7, 11) is 2.13. The van der Waals surface area contributed by atoms with Crippen LogP contribution in [0.15, 0.2) is 29.4 Å². The minimum atomic E-state index is 0. The number of halogens is 2. The Kier molecular flexibility index (Phi) is 9.88. The van der Waals surface area contributed by atoms with E-state index in [1.165, 1.54) is 30.2 Å². The highest BCUT2D eigenvalue weighted by Crippen LogP contribution is 2.23. The number of H-pyrrole nitrogens is 1. The van der Waals surface area contributed by atoms with Gasteiger partial charge in [0.2, 0.25) is 0 Å². The zero-order valence-electron chi connectivity index (χ0n) is 16.8. The zero-order chi connectivity index (χ0) is 19.1. The van der Waals surface area contributed by atoms with E-state index >= 15 is 0 Å². The number of aromatic amines is 1. The second-order valence-corrected chi connectivity index (χ2v) is 7.69. The molecule has 7 heteroatoms. The maximum Gasteiger partial charge on any atom is 0.193 e. The normalized spacial score (nSPS) is 15.5. The van der Waals surface area contributed by atoms with Gasteiger partial charge in [-0.2, -0.15) is 0 Å². The Morgan fingerprint density at radius 3 is 2.89 bits per heavy atom. The molecule has 2 N–H and O–H groups in total. The molecule has 156 valence electrons. The lowest BCUT2D eigenvalue weighted by Crippen LogP contribution is -2.40. The van der Waals surface area contributed by atoms with Crippen molar-refractivity contribution in [1.29, 1.82) is 0 Å². The molecule has 1 aromatic heterocycles. The van der Waals surface area contributed by atoms with Crippen LogP contribution in [0.5, 0.6) is 0 Å². The average molecular weight is 519 g/mol. The quantitative estimate of drug-likeness (QED) is 0.317. The van der Waals surface area contributed by atoms with Gasteiger partial charge in [-0.05, 0) is 62.3 Å². The van der Waals surface area contributed by atoms with Crippen LogP contribution in [-0.4, -0.2) is 55.7 Å². The number of aromatic nitrogens is 1. The van der Waals surface area contributed by atoms with E-state index in [-0.39, 0.29) is 24.0 Å². The van der Waals surface area contributed by atoms with Crippen molar-refractivity contribution >= 4 is 52.4 Å². The molecule has 0 atom stereocenters. The molecule has 1 aliphatic heterocycles. The van der Waals surface area contributed by atoms with Crippen molar-refractivity contribution in [2.24, 2.45) is 10.9 Å². The van der Waals surface area contributed by atoms with E-state index < -0.39 is 0 Å². The SMILES string of the molecule is CCNC(=NCCc1c[nH]c2ccc(Cl)cc12)N(C)CCC1CCOCC1.I. The number of rotatable bonds is 7. The topological polar surface area (TPSA) is 52.7 Å². The van der Waals surface area contributed by atoms with Gasteiger partial charge >= 0.3 is 0 Å². The lowest BCUT2D eigenvalue weighted by Gasteiger charge is -2.26. The van der Waals surface area contributed by atoms with Gasteiger partial charge < -0.3 is 19.9 Å². The third-order valence-electron chi connectivity index (χ3n) is 5.28. The summed E-state index contributed by atoms with van der Waals surface area (Å²) in [5.41, 5.74) is 2.39. The van der Waals surface area contributed by atoms with Gasteiger partial charge in [0.25, 0.3) is 0 Å². The number of nitrogens with one attached hydrogen (secondary N) is 2. The van der Waals surface area contributed by atoms with Crippen molar-refractivity contribution in [2.45, 2.75) is 32.6 Å². The third-order valence-corrected chi connectivity index (χ3v) is 5.52. The van der Waals surface area contributed by atoms with Gasteiger partial charge in [-0.3, -0.25) is 4.99 Å². The first-order valence-electron chi connectivity index (χ1n) is 10.00. The summed E-state index contributed by atoms with van der Waals surface area (Å²) in [6, 6.07) is 5.97. The fourth-order valence-corrected chi connectivity index (χ4v) is 3.80. The maximum absolute atomic E-state index is 6.15. The summed E-state index contributed by atoms with van der Waals surface area (Å²) in [5.74, 6) is 1.77. The Bertz CT molecular complexity index is 758. The molecule has 1 aromatic carbocycles. The Hall–Kier alpha value is -0.990. The van der Waals surface area contributed by atoms with Gasteiger partial charge in [0.15, 0.2) is 5.96 Å². The molecule has 2 heterocycles. The van der Waals surface area contributed by atoms with E-state index in [0.717, 1.165) is 61.7 Å². The summed E-state index contributed by atoms with van der Waals surface area (Å²) < 4.78 is 5.46. The van der Waals surface area contributed by atoms with Crippen LogP contribution in [0.4, 0.5) is 0 Å². The van der Waals surface area contributed by atoms with Crippen LogP contribution in [-0.2, 0) is 11.2 Å². The minimum Gasteiger partial charge on any atom is -0.381 e. The van der Waals surface area contributed by atoms with Crippen LogP contribution in [0.1, 0.15) is 31.7 Å². The molecule has 3 rings (SSSR count). The number of benzene rings is 1. The van der Waals surface area contributed by atoms with Crippen molar-refractivity contribution < 1.29 is 4.74 Å². The van der Waals surface area contributed by atoms with E-state index in [1.54, 1.807) is 0 Å². The Morgan fingerprint density at radius 1 is 1.36 bits per heavy atom. The molecule has 28 heavy (non-hydrogen) atoms. The molecule has 1 aliphatic rings. The monoisotopic (exact) mass is 518 g/mol.